The van der Waals surface area contributed by atoms with E-state index < -0.39 is 16.0 Å². The molecule has 6 heteroatoms. The maximum absolute atomic E-state index is 12.0. The van der Waals surface area contributed by atoms with Crippen LogP contribution in [0.15, 0.2) is 30.3 Å². The molecule has 1 unspecified atom stereocenters. The smallest absolute Gasteiger partial charge is 0.303 e. The number of sulfonamides is 1. The van der Waals surface area contributed by atoms with Crippen LogP contribution < -0.4 is 4.72 Å². The highest BCUT2D eigenvalue weighted by molar-refractivity contribution is 7.89. The Kier molecular flexibility index (Phi) is 6.16. The number of hydrogen-bond donors (Lipinski definition) is 2. The zero-order valence-corrected chi connectivity index (χ0v) is 12.6. The van der Waals surface area contributed by atoms with Gasteiger partial charge in [0, 0.05) is 12.5 Å². The Balaban J connectivity index is 2.73. The van der Waals surface area contributed by atoms with Gasteiger partial charge in [0.05, 0.1) is 5.75 Å². The molecule has 0 aliphatic rings. The molecule has 0 aliphatic carbocycles. The molecule has 0 radical (unpaired) electrons. The lowest BCUT2D eigenvalue weighted by Gasteiger charge is -2.22. The lowest BCUT2D eigenvalue weighted by molar-refractivity contribution is -0.137. The first-order valence-electron chi connectivity index (χ1n) is 6.58. The number of carboxylic acids is 1. The summed E-state index contributed by atoms with van der Waals surface area (Å²) in [7, 11) is -3.48. The average molecular weight is 299 g/mol. The third-order valence-electron chi connectivity index (χ3n) is 2.94. The van der Waals surface area contributed by atoms with E-state index in [4.69, 9.17) is 5.11 Å². The van der Waals surface area contributed by atoms with Crippen molar-refractivity contribution in [2.24, 2.45) is 5.92 Å². The van der Waals surface area contributed by atoms with Gasteiger partial charge in [0.2, 0.25) is 10.0 Å². The number of rotatable bonds is 8. The van der Waals surface area contributed by atoms with Gasteiger partial charge in [-0.25, -0.2) is 13.1 Å². The summed E-state index contributed by atoms with van der Waals surface area (Å²) < 4.78 is 26.7. The Morgan fingerprint density at radius 3 is 2.35 bits per heavy atom. The van der Waals surface area contributed by atoms with Gasteiger partial charge in [0.1, 0.15) is 0 Å². The molecule has 0 saturated carbocycles. The van der Waals surface area contributed by atoms with E-state index in [9.17, 15) is 13.2 Å². The van der Waals surface area contributed by atoms with Gasteiger partial charge in [0.15, 0.2) is 0 Å². The van der Waals surface area contributed by atoms with Crippen molar-refractivity contribution >= 4 is 16.0 Å². The topological polar surface area (TPSA) is 83.5 Å². The van der Waals surface area contributed by atoms with Gasteiger partial charge >= 0.3 is 5.97 Å². The van der Waals surface area contributed by atoms with E-state index >= 15 is 0 Å². The van der Waals surface area contributed by atoms with E-state index in [2.05, 4.69) is 4.72 Å². The summed E-state index contributed by atoms with van der Waals surface area (Å²) in [5, 5.41) is 8.54. The second-order valence-corrected chi connectivity index (χ2v) is 6.94. The summed E-state index contributed by atoms with van der Waals surface area (Å²) >= 11 is 0. The van der Waals surface area contributed by atoms with Crippen molar-refractivity contribution in [3.8, 4) is 0 Å². The SMILES string of the molecule is CC(C)C(NS(=O)(=O)CCCC(=O)O)c1ccccc1. The molecule has 0 aliphatic heterocycles. The molecule has 5 nitrogen and oxygen atoms in total. The number of benzene rings is 1. The zero-order chi connectivity index (χ0) is 15.2. The fraction of sp³-hybridized carbons (Fsp3) is 0.500. The van der Waals surface area contributed by atoms with E-state index in [1.165, 1.54) is 0 Å². The maximum Gasteiger partial charge on any atom is 0.303 e. The summed E-state index contributed by atoms with van der Waals surface area (Å²) in [5.41, 5.74) is 0.907. The molecule has 0 heterocycles. The van der Waals surface area contributed by atoms with Gasteiger partial charge in [0.25, 0.3) is 0 Å². The Morgan fingerprint density at radius 2 is 1.85 bits per heavy atom. The van der Waals surface area contributed by atoms with Gasteiger partial charge in [-0.1, -0.05) is 44.2 Å². The van der Waals surface area contributed by atoms with Crippen LogP contribution in [0.2, 0.25) is 0 Å². The van der Waals surface area contributed by atoms with Crippen molar-refractivity contribution in [3.63, 3.8) is 0 Å². The molecular weight excluding hydrogens is 278 g/mol. The molecule has 0 bridgehead atoms. The van der Waals surface area contributed by atoms with Crippen molar-refractivity contribution in [1.82, 2.24) is 4.72 Å². The van der Waals surface area contributed by atoms with Crippen LogP contribution in [-0.2, 0) is 14.8 Å². The van der Waals surface area contributed by atoms with Gasteiger partial charge < -0.3 is 5.11 Å². The molecule has 0 spiro atoms. The Labute approximate surface area is 120 Å². The molecule has 0 amide bonds. The second kappa shape index (κ2) is 7.40. The summed E-state index contributed by atoms with van der Waals surface area (Å²) in [4.78, 5) is 10.4. The zero-order valence-electron chi connectivity index (χ0n) is 11.7. The summed E-state index contributed by atoms with van der Waals surface area (Å²) in [6.07, 6.45) is -0.0249. The average Bonchev–Trinajstić information content (AvgIpc) is 2.36. The van der Waals surface area contributed by atoms with E-state index in [1.807, 2.05) is 44.2 Å². The molecule has 0 fully saturated rings. The van der Waals surface area contributed by atoms with Crippen LogP contribution in [0.5, 0.6) is 0 Å². The minimum Gasteiger partial charge on any atom is -0.481 e. The Bertz CT molecular complexity index is 525. The quantitative estimate of drug-likeness (QED) is 0.770. The fourth-order valence-electron chi connectivity index (χ4n) is 1.92. The summed E-state index contributed by atoms with van der Waals surface area (Å²) in [6.45, 7) is 3.88. The second-order valence-electron chi connectivity index (χ2n) is 5.07. The first kappa shape index (κ1) is 16.7. The van der Waals surface area contributed by atoms with E-state index in [0.717, 1.165) is 5.56 Å². The molecule has 112 valence electrons. The first-order chi connectivity index (χ1) is 9.32. The molecule has 1 aromatic rings. The molecule has 20 heavy (non-hydrogen) atoms. The molecule has 0 aromatic heterocycles. The van der Waals surface area contributed by atoms with Crippen molar-refractivity contribution in [3.05, 3.63) is 35.9 Å². The lowest BCUT2D eigenvalue weighted by Crippen LogP contribution is -2.33. The molecule has 0 saturated heterocycles. The lowest BCUT2D eigenvalue weighted by atomic mass is 9.97. The molecule has 1 aromatic carbocycles. The molecule has 1 rings (SSSR count). The van der Waals surface area contributed by atoms with Gasteiger partial charge in [-0.3, -0.25) is 4.79 Å². The van der Waals surface area contributed by atoms with Crippen LogP contribution in [0, 0.1) is 5.92 Å². The van der Waals surface area contributed by atoms with E-state index in [0.29, 0.717) is 0 Å². The predicted octanol–water partition coefficient (Wildman–Crippen LogP) is 2.17. The number of carbonyl (C=O) groups is 1. The molecular formula is C14H21NO4S. The van der Waals surface area contributed by atoms with Crippen molar-refractivity contribution in [2.45, 2.75) is 32.7 Å². The van der Waals surface area contributed by atoms with E-state index in [1.54, 1.807) is 0 Å². The summed E-state index contributed by atoms with van der Waals surface area (Å²) in [6, 6.07) is 9.07. The standard InChI is InChI=1S/C14H21NO4S/c1-11(2)14(12-7-4-3-5-8-12)15-20(18,19)10-6-9-13(16)17/h3-5,7-8,11,14-15H,6,9-10H2,1-2H3,(H,16,17). The minimum atomic E-state index is -3.48. The van der Waals surface area contributed by atoms with Crippen LogP contribution in [0.1, 0.15) is 38.3 Å². The summed E-state index contributed by atoms with van der Waals surface area (Å²) in [5.74, 6) is -1.05. The number of aliphatic carboxylic acids is 1. The van der Waals surface area contributed by atoms with Crippen LogP contribution in [0.3, 0.4) is 0 Å². The van der Waals surface area contributed by atoms with Crippen molar-refractivity contribution in [1.29, 1.82) is 0 Å². The van der Waals surface area contributed by atoms with Gasteiger partial charge in [-0.15, -0.1) is 0 Å². The molecule has 2 N–H and O–H groups in total. The predicted molar refractivity (Wildman–Crippen MR) is 77.8 cm³/mol. The highest BCUT2D eigenvalue weighted by atomic mass is 32.2. The van der Waals surface area contributed by atoms with Crippen molar-refractivity contribution in [2.75, 3.05) is 5.75 Å². The largest absolute Gasteiger partial charge is 0.481 e. The fourth-order valence-corrected chi connectivity index (χ4v) is 3.35. The van der Waals surface area contributed by atoms with Crippen LogP contribution >= 0.6 is 0 Å². The van der Waals surface area contributed by atoms with Gasteiger partial charge in [-0.2, -0.15) is 0 Å². The highest BCUT2D eigenvalue weighted by Crippen LogP contribution is 2.22. The minimum absolute atomic E-state index is 0.103. The maximum atomic E-state index is 12.0. The number of carboxylic acid groups (broad SMARTS) is 1. The Hall–Kier alpha value is -1.40. The van der Waals surface area contributed by atoms with Crippen molar-refractivity contribution < 1.29 is 18.3 Å². The normalized spacial score (nSPS) is 13.3. The third kappa shape index (κ3) is 5.71. The van der Waals surface area contributed by atoms with Crippen LogP contribution in [0.4, 0.5) is 0 Å². The first-order valence-corrected chi connectivity index (χ1v) is 8.24. The highest BCUT2D eigenvalue weighted by Gasteiger charge is 2.22. The van der Waals surface area contributed by atoms with Crippen LogP contribution in [0.25, 0.3) is 0 Å². The Morgan fingerprint density at radius 1 is 1.25 bits per heavy atom. The molecule has 1 atom stereocenters. The van der Waals surface area contributed by atoms with E-state index in [-0.39, 0.29) is 30.6 Å². The van der Waals surface area contributed by atoms with Gasteiger partial charge in [-0.05, 0) is 17.9 Å². The number of nitrogens with one attached hydrogen (secondary N) is 1. The van der Waals surface area contributed by atoms with Crippen LogP contribution in [-0.4, -0.2) is 25.2 Å². The monoisotopic (exact) mass is 299 g/mol. The third-order valence-corrected chi connectivity index (χ3v) is 4.37. The number of hydrogen-bond acceptors (Lipinski definition) is 3.